The Kier molecular flexibility index (Phi) is 5.39. The minimum absolute atomic E-state index is 0.0179. The number of quaternary nitrogens is 1. The lowest BCUT2D eigenvalue weighted by molar-refractivity contribution is -1.07. The number of nitrogens with one attached hydrogen (secondary N) is 2. The maximum atomic E-state index is 6.00. The molecule has 142 valence electrons. The first-order valence-electron chi connectivity index (χ1n) is 8.75. The van der Waals surface area contributed by atoms with Crippen LogP contribution < -0.4 is 15.4 Å². The van der Waals surface area contributed by atoms with Crippen LogP contribution in [-0.2, 0) is 10.3 Å². The van der Waals surface area contributed by atoms with Crippen molar-refractivity contribution in [3.05, 3.63) is 17.1 Å². The second-order valence-electron chi connectivity index (χ2n) is 7.79. The number of ether oxygens (including phenoxy) is 1. The summed E-state index contributed by atoms with van der Waals surface area (Å²) in [5, 5.41) is 7.99. The van der Waals surface area contributed by atoms with E-state index >= 15 is 0 Å². The van der Waals surface area contributed by atoms with Gasteiger partial charge in [0.05, 0.1) is 28.0 Å². The Morgan fingerprint density at radius 1 is 1.31 bits per heavy atom. The summed E-state index contributed by atoms with van der Waals surface area (Å²) in [6.07, 6.45) is 0. The standard InChI is InChI=1S/C18H26N4O2S2/c1-18(2,3)16-20-13-10-14(23-5)12(11-15(13)26-16)21-17(25)24-22(4)8-6-19-7-9-22/h10-11,19H,6-9H2,1-5H3/p+1. The number of rotatable bonds is 3. The summed E-state index contributed by atoms with van der Waals surface area (Å²) in [5.41, 5.74) is 1.76. The summed E-state index contributed by atoms with van der Waals surface area (Å²) >= 11 is 7.14. The minimum atomic E-state index is 0.0179. The molecule has 1 saturated heterocycles. The van der Waals surface area contributed by atoms with Crippen molar-refractivity contribution in [1.82, 2.24) is 10.3 Å². The summed E-state index contributed by atoms with van der Waals surface area (Å²) in [6, 6.07) is 3.99. The van der Waals surface area contributed by atoms with Crippen molar-refractivity contribution in [2.24, 2.45) is 0 Å². The van der Waals surface area contributed by atoms with Gasteiger partial charge in [-0.1, -0.05) is 20.8 Å². The van der Waals surface area contributed by atoms with Crippen LogP contribution in [0.4, 0.5) is 5.69 Å². The molecule has 1 aliphatic rings. The number of piperazine rings is 1. The van der Waals surface area contributed by atoms with Crippen LogP contribution in [0.2, 0.25) is 0 Å². The maximum absolute atomic E-state index is 6.00. The Labute approximate surface area is 164 Å². The van der Waals surface area contributed by atoms with E-state index in [-0.39, 0.29) is 5.41 Å². The third-order valence-corrected chi connectivity index (χ3v) is 6.04. The number of methoxy groups -OCH3 is 1. The summed E-state index contributed by atoms with van der Waals surface area (Å²) in [4.78, 5) is 10.8. The van der Waals surface area contributed by atoms with Crippen LogP contribution in [0.1, 0.15) is 25.8 Å². The number of likely N-dealkylation sites (N-methyl/N-ethyl adjacent to an activating group) is 1. The van der Waals surface area contributed by atoms with Crippen LogP contribution in [0.25, 0.3) is 10.2 Å². The quantitative estimate of drug-likeness (QED) is 0.614. The second-order valence-corrected chi connectivity index (χ2v) is 9.19. The molecule has 1 aromatic heterocycles. The number of hydrogen-bond donors (Lipinski definition) is 2. The topological polar surface area (TPSA) is 55.4 Å². The van der Waals surface area contributed by atoms with Gasteiger partial charge in [0.2, 0.25) is 0 Å². The number of anilines is 1. The first-order valence-corrected chi connectivity index (χ1v) is 9.97. The largest absolute Gasteiger partial charge is 0.494 e. The average molecular weight is 396 g/mol. The molecule has 2 heterocycles. The second kappa shape index (κ2) is 7.26. The number of thiazole rings is 1. The molecule has 0 aliphatic carbocycles. The molecule has 1 aromatic carbocycles. The van der Waals surface area contributed by atoms with E-state index in [4.69, 9.17) is 26.8 Å². The Balaban J connectivity index is 1.83. The molecule has 8 heteroatoms. The molecule has 1 fully saturated rings. The van der Waals surface area contributed by atoms with E-state index in [9.17, 15) is 0 Å². The Morgan fingerprint density at radius 2 is 2.00 bits per heavy atom. The van der Waals surface area contributed by atoms with Gasteiger partial charge in [-0.15, -0.1) is 16.0 Å². The molecular formula is C18H27N4O2S2+. The molecule has 2 aromatic rings. The minimum Gasteiger partial charge on any atom is -0.494 e. The van der Waals surface area contributed by atoms with Crippen LogP contribution in [0.5, 0.6) is 5.75 Å². The number of aromatic nitrogens is 1. The third-order valence-electron chi connectivity index (χ3n) is 4.41. The van der Waals surface area contributed by atoms with E-state index in [0.717, 1.165) is 47.1 Å². The highest BCUT2D eigenvalue weighted by Crippen LogP contribution is 2.36. The van der Waals surface area contributed by atoms with Crippen molar-refractivity contribution in [3.63, 3.8) is 0 Å². The summed E-state index contributed by atoms with van der Waals surface area (Å²) in [7, 11) is 3.70. The van der Waals surface area contributed by atoms with Crippen molar-refractivity contribution in [2.45, 2.75) is 26.2 Å². The highest BCUT2D eigenvalue weighted by atomic mass is 32.1. The predicted octanol–water partition coefficient (Wildman–Crippen LogP) is 3.28. The molecule has 0 saturated carbocycles. The van der Waals surface area contributed by atoms with Gasteiger partial charge in [0.25, 0.3) is 0 Å². The highest BCUT2D eigenvalue weighted by Gasteiger charge is 2.29. The molecule has 2 N–H and O–H groups in total. The molecule has 3 rings (SSSR count). The number of hydrogen-bond acceptors (Lipinski definition) is 6. The molecule has 6 nitrogen and oxygen atoms in total. The molecule has 26 heavy (non-hydrogen) atoms. The monoisotopic (exact) mass is 395 g/mol. The molecule has 0 amide bonds. The lowest BCUT2D eigenvalue weighted by Crippen LogP contribution is -2.57. The van der Waals surface area contributed by atoms with E-state index in [1.54, 1.807) is 18.4 Å². The van der Waals surface area contributed by atoms with Gasteiger partial charge in [-0.25, -0.2) is 4.98 Å². The van der Waals surface area contributed by atoms with Gasteiger partial charge in [-0.2, -0.15) is 0 Å². The number of benzene rings is 1. The lowest BCUT2D eigenvalue weighted by Gasteiger charge is -2.34. The highest BCUT2D eigenvalue weighted by molar-refractivity contribution is 7.80. The van der Waals surface area contributed by atoms with Gasteiger partial charge in [0.1, 0.15) is 25.9 Å². The van der Waals surface area contributed by atoms with E-state index in [1.807, 2.05) is 19.2 Å². The van der Waals surface area contributed by atoms with Crippen molar-refractivity contribution in [3.8, 4) is 5.75 Å². The van der Waals surface area contributed by atoms with Crippen LogP contribution in [0.3, 0.4) is 0 Å². The Bertz CT molecular complexity index is 807. The van der Waals surface area contributed by atoms with Crippen LogP contribution in [0.15, 0.2) is 12.1 Å². The predicted molar refractivity (Wildman–Crippen MR) is 111 cm³/mol. The normalized spacial score (nSPS) is 17.1. The van der Waals surface area contributed by atoms with Crippen molar-refractivity contribution < 1.29 is 14.2 Å². The zero-order chi connectivity index (χ0) is 18.9. The fourth-order valence-electron chi connectivity index (χ4n) is 2.83. The number of nitrogens with zero attached hydrogens (tertiary/aromatic N) is 2. The van der Waals surface area contributed by atoms with Crippen LogP contribution in [0, 0.1) is 0 Å². The first-order chi connectivity index (χ1) is 12.2. The SMILES string of the molecule is COc1cc2nc(C(C)(C)C)sc2cc1NC(=S)O[N+]1(C)CCNCC1. The summed E-state index contributed by atoms with van der Waals surface area (Å²) < 4.78 is 7.11. The zero-order valence-electron chi connectivity index (χ0n) is 16.0. The fourth-order valence-corrected chi connectivity index (χ4v) is 4.17. The van der Waals surface area contributed by atoms with Gasteiger partial charge in [-0.3, -0.25) is 4.84 Å². The molecule has 0 bridgehead atoms. The smallest absolute Gasteiger partial charge is 0.326 e. The molecular weight excluding hydrogens is 368 g/mol. The Morgan fingerprint density at radius 3 is 2.62 bits per heavy atom. The molecule has 0 radical (unpaired) electrons. The van der Waals surface area contributed by atoms with Gasteiger partial charge >= 0.3 is 5.17 Å². The van der Waals surface area contributed by atoms with Crippen LogP contribution in [-0.4, -0.2) is 55.1 Å². The fraction of sp³-hybridized carbons (Fsp3) is 0.556. The summed E-state index contributed by atoms with van der Waals surface area (Å²) in [6.45, 7) is 10.1. The first kappa shape index (κ1) is 19.3. The van der Waals surface area contributed by atoms with Gasteiger partial charge in [-0.05, 0) is 18.3 Å². The van der Waals surface area contributed by atoms with E-state index in [2.05, 4.69) is 31.4 Å². The molecule has 0 spiro atoms. The van der Waals surface area contributed by atoms with Crippen molar-refractivity contribution >= 4 is 44.6 Å². The maximum Gasteiger partial charge on any atom is 0.326 e. The number of hydroxylamine groups is 3. The van der Waals surface area contributed by atoms with Crippen LogP contribution >= 0.6 is 23.6 Å². The number of thiocarbonyl (C=S) groups is 1. The lowest BCUT2D eigenvalue weighted by atomic mass is 9.98. The van der Waals surface area contributed by atoms with E-state index < -0.39 is 0 Å². The van der Waals surface area contributed by atoms with E-state index in [0.29, 0.717) is 15.6 Å². The van der Waals surface area contributed by atoms with Crippen molar-refractivity contribution in [2.75, 3.05) is 45.7 Å². The molecule has 1 aliphatic heterocycles. The molecule has 0 unspecified atom stereocenters. The Hall–Kier alpha value is -1.48. The zero-order valence-corrected chi connectivity index (χ0v) is 17.6. The number of fused-ring (bicyclic) bond motifs is 1. The molecule has 0 atom stereocenters. The van der Waals surface area contributed by atoms with Gasteiger partial charge in [0, 0.05) is 24.6 Å². The van der Waals surface area contributed by atoms with Gasteiger partial charge in [0.15, 0.2) is 0 Å². The van der Waals surface area contributed by atoms with Crippen molar-refractivity contribution in [1.29, 1.82) is 0 Å². The third kappa shape index (κ3) is 4.25. The van der Waals surface area contributed by atoms with Gasteiger partial charge < -0.3 is 15.4 Å². The van der Waals surface area contributed by atoms with E-state index in [1.165, 1.54) is 0 Å². The summed E-state index contributed by atoms with van der Waals surface area (Å²) in [5.74, 6) is 0.706. The average Bonchev–Trinajstić information content (AvgIpc) is 2.97.